The zero-order chi connectivity index (χ0) is 9.68. The molecule has 1 atom stereocenters. The van der Waals surface area contributed by atoms with Crippen LogP contribution >= 0.6 is 0 Å². The van der Waals surface area contributed by atoms with Crippen LogP contribution in [0.1, 0.15) is 30.6 Å². The largest absolute Gasteiger partial charge is 0.387 e. The number of aliphatic hydroxyl groups is 1. The van der Waals surface area contributed by atoms with Gasteiger partial charge in [-0.25, -0.2) is 0 Å². The van der Waals surface area contributed by atoms with Crippen molar-refractivity contribution < 1.29 is 5.11 Å². The van der Waals surface area contributed by atoms with E-state index in [1.54, 1.807) is 0 Å². The van der Waals surface area contributed by atoms with Gasteiger partial charge in [-0.1, -0.05) is 37.6 Å². The van der Waals surface area contributed by atoms with Gasteiger partial charge in [0.15, 0.2) is 0 Å². The highest BCUT2D eigenvalue weighted by molar-refractivity contribution is 5.24. The minimum absolute atomic E-state index is 0.285. The third-order valence-electron chi connectivity index (χ3n) is 2.13. The Hall–Kier alpha value is -0.860. The number of aryl methyl sites for hydroxylation is 1. The van der Waals surface area contributed by atoms with Crippen molar-refractivity contribution in [3.63, 3.8) is 0 Å². The quantitative estimate of drug-likeness (QED) is 0.738. The average Bonchev–Trinajstić information content (AvgIpc) is 2.18. The molecule has 3 N–H and O–H groups in total. The maximum atomic E-state index is 9.43. The van der Waals surface area contributed by atoms with Crippen molar-refractivity contribution in [3.8, 4) is 0 Å². The van der Waals surface area contributed by atoms with E-state index in [0.29, 0.717) is 0 Å². The van der Waals surface area contributed by atoms with Crippen LogP contribution in [0.2, 0.25) is 0 Å². The van der Waals surface area contributed by atoms with E-state index >= 15 is 0 Å². The predicted molar refractivity (Wildman–Crippen MR) is 54.5 cm³/mol. The average molecular weight is 179 g/mol. The lowest BCUT2D eigenvalue weighted by atomic mass is 10.0. The zero-order valence-electron chi connectivity index (χ0n) is 8.03. The Morgan fingerprint density at radius 1 is 1.31 bits per heavy atom. The summed E-state index contributed by atoms with van der Waals surface area (Å²) < 4.78 is 0. The molecule has 0 heterocycles. The molecular formula is C11H17NO. The van der Waals surface area contributed by atoms with Gasteiger partial charge in [0.25, 0.3) is 0 Å². The Bertz CT molecular complexity index is 243. The van der Waals surface area contributed by atoms with Gasteiger partial charge in [0, 0.05) is 6.54 Å². The van der Waals surface area contributed by atoms with Crippen LogP contribution in [0.15, 0.2) is 24.3 Å². The highest BCUT2D eigenvalue weighted by Crippen LogP contribution is 2.13. The summed E-state index contributed by atoms with van der Waals surface area (Å²) in [4.78, 5) is 0. The van der Waals surface area contributed by atoms with Crippen LogP contribution in [0.4, 0.5) is 0 Å². The van der Waals surface area contributed by atoms with E-state index in [4.69, 9.17) is 5.73 Å². The molecule has 1 rings (SSSR count). The Morgan fingerprint density at radius 3 is 2.38 bits per heavy atom. The van der Waals surface area contributed by atoms with Gasteiger partial charge in [-0.15, -0.1) is 0 Å². The lowest BCUT2D eigenvalue weighted by Gasteiger charge is -2.08. The highest BCUT2D eigenvalue weighted by Gasteiger charge is 2.03. The normalized spacial score (nSPS) is 12.8. The molecule has 0 bridgehead atoms. The van der Waals surface area contributed by atoms with E-state index in [9.17, 15) is 5.11 Å². The second kappa shape index (κ2) is 5.00. The standard InChI is InChI=1S/C11H17NO/c1-2-3-9-4-6-10(7-5-9)11(13)8-12/h4-7,11,13H,2-3,8,12H2,1H3. The Labute approximate surface area is 79.4 Å². The molecule has 2 heteroatoms. The van der Waals surface area contributed by atoms with Crippen molar-refractivity contribution in [3.05, 3.63) is 35.4 Å². The summed E-state index contributed by atoms with van der Waals surface area (Å²) in [6.07, 6.45) is 1.73. The summed E-state index contributed by atoms with van der Waals surface area (Å²) in [5, 5.41) is 9.43. The van der Waals surface area contributed by atoms with Gasteiger partial charge in [0.05, 0.1) is 6.10 Å². The molecule has 0 amide bonds. The summed E-state index contributed by atoms with van der Waals surface area (Å²) in [6.45, 7) is 2.44. The number of hydrogen-bond donors (Lipinski definition) is 2. The molecule has 0 saturated carbocycles. The molecule has 0 aliphatic heterocycles. The number of aliphatic hydroxyl groups excluding tert-OH is 1. The zero-order valence-corrected chi connectivity index (χ0v) is 8.03. The fraction of sp³-hybridized carbons (Fsp3) is 0.455. The van der Waals surface area contributed by atoms with Crippen LogP contribution in [-0.4, -0.2) is 11.7 Å². The maximum absolute atomic E-state index is 9.43. The molecule has 72 valence electrons. The molecule has 1 aromatic carbocycles. The van der Waals surface area contributed by atoms with E-state index in [2.05, 4.69) is 19.1 Å². The van der Waals surface area contributed by atoms with Crippen molar-refractivity contribution in [2.45, 2.75) is 25.9 Å². The Kier molecular flexibility index (Phi) is 3.93. The molecule has 2 nitrogen and oxygen atoms in total. The number of rotatable bonds is 4. The van der Waals surface area contributed by atoms with Gasteiger partial charge in [0.2, 0.25) is 0 Å². The first-order valence-electron chi connectivity index (χ1n) is 4.75. The number of hydrogen-bond acceptors (Lipinski definition) is 2. The number of nitrogens with two attached hydrogens (primary N) is 1. The van der Waals surface area contributed by atoms with Crippen LogP contribution < -0.4 is 5.73 Å². The van der Waals surface area contributed by atoms with Crippen LogP contribution in [0.5, 0.6) is 0 Å². The van der Waals surface area contributed by atoms with Crippen molar-refractivity contribution >= 4 is 0 Å². The first-order valence-corrected chi connectivity index (χ1v) is 4.75. The molecule has 0 fully saturated rings. The highest BCUT2D eigenvalue weighted by atomic mass is 16.3. The van der Waals surface area contributed by atoms with Crippen LogP contribution in [0.25, 0.3) is 0 Å². The predicted octanol–water partition coefficient (Wildman–Crippen LogP) is 1.63. The van der Waals surface area contributed by atoms with E-state index in [1.807, 2.05) is 12.1 Å². The van der Waals surface area contributed by atoms with Crippen LogP contribution in [-0.2, 0) is 6.42 Å². The molecule has 1 unspecified atom stereocenters. The van der Waals surface area contributed by atoms with E-state index in [1.165, 1.54) is 5.56 Å². The molecule has 1 aromatic rings. The lowest BCUT2D eigenvalue weighted by Crippen LogP contribution is -2.11. The smallest absolute Gasteiger partial charge is 0.0912 e. The Morgan fingerprint density at radius 2 is 1.92 bits per heavy atom. The lowest BCUT2D eigenvalue weighted by molar-refractivity contribution is 0.186. The molecule has 0 spiro atoms. The van der Waals surface area contributed by atoms with Gasteiger partial charge in [-0.3, -0.25) is 0 Å². The molecule has 0 aliphatic carbocycles. The van der Waals surface area contributed by atoms with Crippen molar-refractivity contribution in [1.29, 1.82) is 0 Å². The van der Waals surface area contributed by atoms with Crippen LogP contribution in [0, 0.1) is 0 Å². The molecule has 0 aliphatic rings. The van der Waals surface area contributed by atoms with Crippen molar-refractivity contribution in [2.24, 2.45) is 5.73 Å². The second-order valence-electron chi connectivity index (χ2n) is 3.24. The minimum Gasteiger partial charge on any atom is -0.387 e. The van der Waals surface area contributed by atoms with Gasteiger partial charge < -0.3 is 10.8 Å². The molecule has 13 heavy (non-hydrogen) atoms. The van der Waals surface area contributed by atoms with Gasteiger partial charge in [-0.05, 0) is 17.5 Å². The van der Waals surface area contributed by atoms with Gasteiger partial charge >= 0.3 is 0 Å². The third kappa shape index (κ3) is 2.83. The summed E-state index contributed by atoms with van der Waals surface area (Å²) in [7, 11) is 0. The molecule has 0 saturated heterocycles. The molecule has 0 radical (unpaired) electrons. The van der Waals surface area contributed by atoms with Crippen molar-refractivity contribution in [2.75, 3.05) is 6.54 Å². The monoisotopic (exact) mass is 179 g/mol. The van der Waals surface area contributed by atoms with Gasteiger partial charge in [-0.2, -0.15) is 0 Å². The topological polar surface area (TPSA) is 46.2 Å². The van der Waals surface area contributed by atoms with E-state index in [0.717, 1.165) is 18.4 Å². The SMILES string of the molecule is CCCc1ccc(C(O)CN)cc1. The van der Waals surface area contributed by atoms with Crippen LogP contribution in [0.3, 0.4) is 0 Å². The maximum Gasteiger partial charge on any atom is 0.0912 e. The second-order valence-corrected chi connectivity index (χ2v) is 3.24. The van der Waals surface area contributed by atoms with E-state index < -0.39 is 6.10 Å². The number of benzene rings is 1. The molecule has 0 aromatic heterocycles. The summed E-state index contributed by atoms with van der Waals surface area (Å²) in [5.41, 5.74) is 7.57. The van der Waals surface area contributed by atoms with E-state index in [-0.39, 0.29) is 6.54 Å². The summed E-state index contributed by atoms with van der Waals surface area (Å²) in [6, 6.07) is 8.00. The minimum atomic E-state index is -0.518. The first-order chi connectivity index (χ1) is 6.27. The first kappa shape index (κ1) is 10.2. The Balaban J connectivity index is 2.69. The summed E-state index contributed by atoms with van der Waals surface area (Å²) in [5.74, 6) is 0. The van der Waals surface area contributed by atoms with Crippen molar-refractivity contribution in [1.82, 2.24) is 0 Å². The third-order valence-corrected chi connectivity index (χ3v) is 2.13. The fourth-order valence-corrected chi connectivity index (χ4v) is 1.33. The molecular weight excluding hydrogens is 162 g/mol. The van der Waals surface area contributed by atoms with Gasteiger partial charge in [0.1, 0.15) is 0 Å². The summed E-state index contributed by atoms with van der Waals surface area (Å²) >= 11 is 0. The fourth-order valence-electron chi connectivity index (χ4n) is 1.33.